The van der Waals surface area contributed by atoms with E-state index in [0.29, 0.717) is 6.54 Å². The van der Waals surface area contributed by atoms with Crippen LogP contribution in [0.4, 0.5) is 5.69 Å². The summed E-state index contributed by atoms with van der Waals surface area (Å²) in [4.78, 5) is 20.5. The average molecular weight is 395 g/mol. The third-order valence-electron chi connectivity index (χ3n) is 5.63. The maximum atomic E-state index is 13.3. The van der Waals surface area contributed by atoms with Gasteiger partial charge in [0.25, 0.3) is 0 Å². The summed E-state index contributed by atoms with van der Waals surface area (Å²) < 4.78 is 0. The van der Waals surface area contributed by atoms with Gasteiger partial charge in [-0.1, -0.05) is 24.3 Å². The summed E-state index contributed by atoms with van der Waals surface area (Å²) in [7, 11) is 0. The minimum absolute atomic E-state index is 0.212. The largest absolute Gasteiger partial charge is 0.311 e. The topological polar surface area (TPSA) is 23.6 Å². The van der Waals surface area contributed by atoms with E-state index in [1.54, 1.807) is 11.3 Å². The zero-order valence-electron chi connectivity index (χ0n) is 15.1. The molecule has 1 atom stereocenters. The van der Waals surface area contributed by atoms with Crippen molar-refractivity contribution in [2.45, 2.75) is 25.3 Å². The van der Waals surface area contributed by atoms with Crippen molar-refractivity contribution in [1.29, 1.82) is 0 Å². The maximum Gasteiger partial charge on any atom is 0.241 e. The van der Waals surface area contributed by atoms with Crippen molar-refractivity contribution in [2.75, 3.05) is 24.5 Å². The Hall–Kier alpha value is -1.95. The van der Waals surface area contributed by atoms with Gasteiger partial charge in [-0.2, -0.15) is 0 Å². The van der Waals surface area contributed by atoms with E-state index in [9.17, 15) is 4.79 Å². The fraction of sp³-hybridized carbons (Fsp3) is 0.318. The number of amides is 1. The van der Waals surface area contributed by atoms with Crippen LogP contribution in [-0.4, -0.2) is 30.4 Å². The molecule has 1 aromatic carbocycles. The molecule has 0 unspecified atom stereocenters. The molecule has 0 saturated heterocycles. The fourth-order valence-corrected chi connectivity index (χ4v) is 6.15. The first-order valence-electron chi connectivity index (χ1n) is 9.53. The molecule has 27 heavy (non-hydrogen) atoms. The highest BCUT2D eigenvalue weighted by molar-refractivity contribution is 7.10. The van der Waals surface area contributed by atoms with E-state index in [1.165, 1.54) is 20.9 Å². The van der Waals surface area contributed by atoms with Gasteiger partial charge in [-0.05, 0) is 59.3 Å². The van der Waals surface area contributed by atoms with Crippen LogP contribution < -0.4 is 4.90 Å². The lowest BCUT2D eigenvalue weighted by Gasteiger charge is -2.37. The molecular weight excluding hydrogens is 372 g/mol. The lowest BCUT2D eigenvalue weighted by Crippen LogP contribution is -2.45. The molecule has 3 nitrogen and oxygen atoms in total. The van der Waals surface area contributed by atoms with Crippen LogP contribution in [0.5, 0.6) is 0 Å². The Morgan fingerprint density at radius 3 is 2.81 bits per heavy atom. The van der Waals surface area contributed by atoms with Crippen molar-refractivity contribution in [3.63, 3.8) is 0 Å². The van der Waals surface area contributed by atoms with Crippen LogP contribution in [-0.2, 0) is 17.6 Å². The van der Waals surface area contributed by atoms with Gasteiger partial charge in [0.15, 0.2) is 0 Å². The molecule has 0 fully saturated rings. The van der Waals surface area contributed by atoms with Gasteiger partial charge < -0.3 is 4.90 Å². The minimum Gasteiger partial charge on any atom is -0.311 e. The molecule has 4 heterocycles. The van der Waals surface area contributed by atoms with Crippen LogP contribution in [0.3, 0.4) is 0 Å². The van der Waals surface area contributed by atoms with E-state index < -0.39 is 0 Å². The van der Waals surface area contributed by atoms with Crippen LogP contribution >= 0.6 is 22.7 Å². The molecule has 2 aliphatic rings. The van der Waals surface area contributed by atoms with E-state index in [4.69, 9.17) is 0 Å². The number of benzene rings is 1. The highest BCUT2D eigenvalue weighted by Crippen LogP contribution is 2.39. The molecule has 0 N–H and O–H groups in total. The molecule has 0 bridgehead atoms. The maximum absolute atomic E-state index is 13.3. The number of fused-ring (bicyclic) bond motifs is 2. The number of thiophene rings is 2. The lowest BCUT2D eigenvalue weighted by atomic mass is 9.98. The molecule has 138 valence electrons. The Bertz CT molecular complexity index is 947. The number of nitrogens with zero attached hydrogens (tertiary/aromatic N) is 2. The molecule has 0 saturated carbocycles. The van der Waals surface area contributed by atoms with Gasteiger partial charge in [0, 0.05) is 28.5 Å². The summed E-state index contributed by atoms with van der Waals surface area (Å²) >= 11 is 3.64. The van der Waals surface area contributed by atoms with Gasteiger partial charge in [0.1, 0.15) is 0 Å². The van der Waals surface area contributed by atoms with Crippen molar-refractivity contribution < 1.29 is 4.79 Å². The predicted octanol–water partition coefficient (Wildman–Crippen LogP) is 4.74. The Morgan fingerprint density at radius 2 is 1.93 bits per heavy atom. The van der Waals surface area contributed by atoms with Crippen molar-refractivity contribution in [1.82, 2.24) is 4.90 Å². The van der Waals surface area contributed by atoms with Crippen molar-refractivity contribution in [3.8, 4) is 0 Å². The smallest absolute Gasteiger partial charge is 0.241 e. The van der Waals surface area contributed by atoms with Crippen LogP contribution in [0.25, 0.3) is 0 Å². The molecule has 2 aromatic heterocycles. The summed E-state index contributed by atoms with van der Waals surface area (Å²) in [5.74, 6) is 0.224. The van der Waals surface area contributed by atoms with Crippen molar-refractivity contribution in [3.05, 3.63) is 74.1 Å². The van der Waals surface area contributed by atoms with E-state index in [0.717, 1.165) is 38.0 Å². The Morgan fingerprint density at radius 1 is 1.00 bits per heavy atom. The highest BCUT2D eigenvalue weighted by Gasteiger charge is 2.33. The van der Waals surface area contributed by atoms with Gasteiger partial charge >= 0.3 is 0 Å². The first-order chi connectivity index (χ1) is 13.3. The SMILES string of the molecule is O=C(CN1CCc2sccc2[C@@H]1c1cccs1)N1CCCc2ccccc21. The molecule has 1 amide bonds. The highest BCUT2D eigenvalue weighted by atomic mass is 32.1. The van der Waals surface area contributed by atoms with Crippen molar-refractivity contribution in [2.24, 2.45) is 0 Å². The average Bonchev–Trinajstić information content (AvgIpc) is 3.39. The number of aryl methyl sites for hydroxylation is 1. The number of carbonyl (C=O) groups is 1. The van der Waals surface area contributed by atoms with E-state index in [1.807, 2.05) is 22.3 Å². The quantitative estimate of drug-likeness (QED) is 0.641. The second-order valence-corrected chi connectivity index (χ2v) is 9.20. The van der Waals surface area contributed by atoms with Gasteiger partial charge in [-0.15, -0.1) is 22.7 Å². The molecule has 0 radical (unpaired) electrons. The zero-order chi connectivity index (χ0) is 18.2. The molecular formula is C22H22N2OS2. The second-order valence-electron chi connectivity index (χ2n) is 7.22. The summed E-state index contributed by atoms with van der Waals surface area (Å²) in [5, 5.41) is 4.33. The molecule has 2 aliphatic heterocycles. The summed E-state index contributed by atoms with van der Waals surface area (Å²) in [6.07, 6.45) is 3.16. The standard InChI is InChI=1S/C22H22N2OS2/c25-21(24-11-3-6-16-5-1-2-7-18(16)24)15-23-12-9-19-17(10-14-27-19)22(23)20-8-4-13-26-20/h1-2,4-5,7-8,10,13-14,22H,3,6,9,11-12,15H2/t22-/m1/s1. The predicted molar refractivity (Wildman–Crippen MR) is 113 cm³/mol. The number of carbonyl (C=O) groups excluding carboxylic acids is 1. The monoisotopic (exact) mass is 394 g/mol. The summed E-state index contributed by atoms with van der Waals surface area (Å²) in [6, 6.07) is 15.1. The normalized spacial score (nSPS) is 19.6. The van der Waals surface area contributed by atoms with Crippen LogP contribution in [0, 0.1) is 0 Å². The number of para-hydroxylation sites is 1. The van der Waals surface area contributed by atoms with E-state index >= 15 is 0 Å². The molecule has 0 spiro atoms. The number of hydrogen-bond acceptors (Lipinski definition) is 4. The zero-order valence-corrected chi connectivity index (χ0v) is 16.8. The molecule has 3 aromatic rings. The number of hydrogen-bond donors (Lipinski definition) is 0. The second kappa shape index (κ2) is 7.23. The van der Waals surface area contributed by atoms with Gasteiger partial charge in [-0.3, -0.25) is 9.69 Å². The minimum atomic E-state index is 0.212. The van der Waals surface area contributed by atoms with E-state index in [2.05, 4.69) is 52.1 Å². The van der Waals surface area contributed by atoms with Gasteiger partial charge in [0.2, 0.25) is 5.91 Å². The van der Waals surface area contributed by atoms with Crippen LogP contribution in [0.15, 0.2) is 53.2 Å². The Labute approximate surface area is 167 Å². The van der Waals surface area contributed by atoms with Crippen LogP contribution in [0.1, 0.15) is 33.3 Å². The van der Waals surface area contributed by atoms with Gasteiger partial charge in [0.05, 0.1) is 12.6 Å². The third kappa shape index (κ3) is 3.14. The Kier molecular flexibility index (Phi) is 4.60. The summed E-state index contributed by atoms with van der Waals surface area (Å²) in [6.45, 7) is 2.25. The first kappa shape index (κ1) is 17.2. The molecule has 5 rings (SSSR count). The number of anilines is 1. The van der Waals surface area contributed by atoms with Crippen molar-refractivity contribution >= 4 is 34.3 Å². The molecule has 0 aliphatic carbocycles. The van der Waals surface area contributed by atoms with Gasteiger partial charge in [-0.25, -0.2) is 0 Å². The van der Waals surface area contributed by atoms with Crippen LogP contribution in [0.2, 0.25) is 0 Å². The Balaban J connectivity index is 1.43. The number of rotatable bonds is 3. The fourth-order valence-electron chi connectivity index (χ4n) is 4.37. The third-order valence-corrected chi connectivity index (χ3v) is 7.55. The lowest BCUT2D eigenvalue weighted by molar-refractivity contribution is -0.120. The summed E-state index contributed by atoms with van der Waals surface area (Å²) in [5.41, 5.74) is 3.79. The molecule has 5 heteroatoms. The first-order valence-corrected chi connectivity index (χ1v) is 11.3. The van der Waals surface area contributed by atoms with E-state index in [-0.39, 0.29) is 11.9 Å².